The topological polar surface area (TPSA) is 114 Å². The zero-order chi connectivity index (χ0) is 21.5. The van der Waals surface area contributed by atoms with Gasteiger partial charge in [-0.3, -0.25) is 14.8 Å². The fraction of sp³-hybridized carbons (Fsp3) is 0.0455. The second-order valence-corrected chi connectivity index (χ2v) is 7.73. The molecule has 0 amide bonds. The van der Waals surface area contributed by atoms with Crippen molar-refractivity contribution in [3.05, 3.63) is 81.4 Å². The monoisotopic (exact) mass is 427 g/mol. The van der Waals surface area contributed by atoms with Gasteiger partial charge in [0.15, 0.2) is 0 Å². The Kier molecular flexibility index (Phi) is 4.34. The molecule has 0 spiro atoms. The molecule has 0 bridgehead atoms. The van der Waals surface area contributed by atoms with Gasteiger partial charge in [0.2, 0.25) is 0 Å². The van der Waals surface area contributed by atoms with E-state index >= 15 is 0 Å². The molecule has 150 valence electrons. The fourth-order valence-corrected chi connectivity index (χ4v) is 4.53. The molecule has 0 aliphatic rings. The molecule has 0 aliphatic carbocycles. The number of methoxy groups -OCH3 is 1. The summed E-state index contributed by atoms with van der Waals surface area (Å²) in [6, 6.07) is 12.5. The van der Waals surface area contributed by atoms with Crippen molar-refractivity contribution in [2.24, 2.45) is 0 Å². The third kappa shape index (κ3) is 2.97. The van der Waals surface area contributed by atoms with Gasteiger partial charge in [0.25, 0.3) is 5.56 Å². The number of pyridine rings is 2. The Bertz CT molecular complexity index is 1640. The largest absolute Gasteiger partial charge is 0.497 e. The van der Waals surface area contributed by atoms with E-state index in [0.717, 1.165) is 4.57 Å². The molecule has 9 heteroatoms. The van der Waals surface area contributed by atoms with E-state index < -0.39 is 11.2 Å². The molecule has 0 radical (unpaired) electrons. The number of nitrogens with zero attached hydrogens (tertiary/aromatic N) is 4. The Morgan fingerprint density at radius 1 is 1.19 bits per heavy atom. The van der Waals surface area contributed by atoms with Gasteiger partial charge >= 0.3 is 5.69 Å². The SMILES string of the molecule is COc1ccc(C#N)c(-c2cc3[nH]c(=O)n(-c4cncc5cccnc45)c(=O)c3s2)c1. The zero-order valence-electron chi connectivity index (χ0n) is 16.1. The number of nitriles is 1. The number of H-pyrrole nitrogens is 1. The zero-order valence-corrected chi connectivity index (χ0v) is 16.9. The number of aromatic nitrogens is 4. The highest BCUT2D eigenvalue weighted by molar-refractivity contribution is 7.22. The molecule has 4 heterocycles. The molecule has 0 saturated carbocycles. The van der Waals surface area contributed by atoms with Gasteiger partial charge in [0.05, 0.1) is 41.7 Å². The minimum Gasteiger partial charge on any atom is -0.497 e. The third-order valence-electron chi connectivity index (χ3n) is 4.92. The van der Waals surface area contributed by atoms with E-state index in [2.05, 4.69) is 21.0 Å². The summed E-state index contributed by atoms with van der Waals surface area (Å²) < 4.78 is 6.67. The van der Waals surface area contributed by atoms with Crippen molar-refractivity contribution < 1.29 is 4.74 Å². The molecule has 8 nitrogen and oxygen atoms in total. The molecular formula is C22H13N5O3S. The van der Waals surface area contributed by atoms with Crippen LogP contribution in [0.2, 0.25) is 0 Å². The summed E-state index contributed by atoms with van der Waals surface area (Å²) >= 11 is 1.20. The molecule has 5 rings (SSSR count). The molecular weight excluding hydrogens is 414 g/mol. The summed E-state index contributed by atoms with van der Waals surface area (Å²) in [5, 5.41) is 10.2. The summed E-state index contributed by atoms with van der Waals surface area (Å²) in [6.07, 6.45) is 4.67. The van der Waals surface area contributed by atoms with Gasteiger partial charge in [-0.1, -0.05) is 0 Å². The normalized spacial score (nSPS) is 11.0. The Balaban J connectivity index is 1.78. The lowest BCUT2D eigenvalue weighted by molar-refractivity contribution is 0.415. The van der Waals surface area contributed by atoms with Gasteiger partial charge in [0, 0.05) is 28.2 Å². The Labute approximate surface area is 178 Å². The lowest BCUT2D eigenvalue weighted by Gasteiger charge is -2.06. The van der Waals surface area contributed by atoms with Crippen LogP contribution >= 0.6 is 11.3 Å². The maximum Gasteiger partial charge on any atom is 0.333 e. The van der Waals surface area contributed by atoms with E-state index in [1.165, 1.54) is 17.5 Å². The van der Waals surface area contributed by atoms with Crippen LogP contribution in [0.25, 0.3) is 37.2 Å². The van der Waals surface area contributed by atoms with Crippen molar-refractivity contribution >= 4 is 32.5 Å². The van der Waals surface area contributed by atoms with E-state index in [4.69, 9.17) is 4.74 Å². The van der Waals surface area contributed by atoms with E-state index in [9.17, 15) is 14.9 Å². The first-order chi connectivity index (χ1) is 15.1. The van der Waals surface area contributed by atoms with Crippen molar-refractivity contribution in [1.29, 1.82) is 5.26 Å². The number of aromatic amines is 1. The number of hydrogen-bond donors (Lipinski definition) is 1. The van der Waals surface area contributed by atoms with Crippen LogP contribution in [0, 0.1) is 11.3 Å². The fourth-order valence-electron chi connectivity index (χ4n) is 3.46. The number of ether oxygens (including phenoxy) is 1. The molecule has 0 fully saturated rings. The van der Waals surface area contributed by atoms with Crippen molar-refractivity contribution in [3.8, 4) is 27.9 Å². The Hall–Kier alpha value is -4.29. The van der Waals surface area contributed by atoms with Crippen molar-refractivity contribution in [2.45, 2.75) is 0 Å². The second-order valence-electron chi connectivity index (χ2n) is 6.68. The number of fused-ring (bicyclic) bond motifs is 2. The van der Waals surface area contributed by atoms with Gasteiger partial charge in [0.1, 0.15) is 10.4 Å². The standard InChI is InChI=1S/C22H13N5O3S/c1-30-14-5-4-12(9-23)15(7-14)18-8-16-20(31-18)21(28)27(22(29)26-16)17-11-24-10-13-3-2-6-25-19(13)17/h2-8,10-11H,1H3,(H,26,29). The van der Waals surface area contributed by atoms with Gasteiger partial charge in [-0.2, -0.15) is 5.26 Å². The molecule has 0 aliphatic heterocycles. The lowest BCUT2D eigenvalue weighted by atomic mass is 10.1. The number of thiophene rings is 1. The average Bonchev–Trinajstić information content (AvgIpc) is 3.23. The van der Waals surface area contributed by atoms with Crippen LogP contribution in [0.1, 0.15) is 5.56 Å². The van der Waals surface area contributed by atoms with Crippen LogP contribution in [-0.4, -0.2) is 26.6 Å². The first-order valence-corrected chi connectivity index (χ1v) is 9.99. The van der Waals surface area contributed by atoms with Crippen molar-refractivity contribution in [2.75, 3.05) is 7.11 Å². The van der Waals surface area contributed by atoms with Crippen LogP contribution in [0.15, 0.2) is 64.6 Å². The molecule has 0 unspecified atom stereocenters. The molecule has 31 heavy (non-hydrogen) atoms. The average molecular weight is 427 g/mol. The van der Waals surface area contributed by atoms with Gasteiger partial charge in [-0.25, -0.2) is 9.36 Å². The first-order valence-electron chi connectivity index (χ1n) is 9.17. The maximum atomic E-state index is 13.3. The van der Waals surface area contributed by atoms with Gasteiger partial charge in [-0.05, 0) is 36.4 Å². The summed E-state index contributed by atoms with van der Waals surface area (Å²) in [6.45, 7) is 0. The minimum absolute atomic E-state index is 0.306. The molecule has 0 atom stereocenters. The number of nitrogens with one attached hydrogen (secondary N) is 1. The van der Waals surface area contributed by atoms with Crippen molar-refractivity contribution in [1.82, 2.24) is 19.5 Å². The van der Waals surface area contributed by atoms with E-state index in [-0.39, 0.29) is 0 Å². The molecule has 5 aromatic rings. The molecule has 0 saturated heterocycles. The Morgan fingerprint density at radius 2 is 2.06 bits per heavy atom. The molecule has 4 aromatic heterocycles. The van der Waals surface area contributed by atoms with Crippen LogP contribution in [0.5, 0.6) is 5.75 Å². The number of benzene rings is 1. The number of hydrogen-bond acceptors (Lipinski definition) is 7. The maximum absolute atomic E-state index is 13.3. The predicted molar refractivity (Wildman–Crippen MR) is 118 cm³/mol. The highest BCUT2D eigenvalue weighted by Gasteiger charge is 2.17. The second kappa shape index (κ2) is 7.19. The van der Waals surface area contributed by atoms with E-state index in [1.807, 2.05) is 6.07 Å². The summed E-state index contributed by atoms with van der Waals surface area (Å²) in [5.74, 6) is 0.588. The minimum atomic E-state index is -0.590. The van der Waals surface area contributed by atoms with Crippen molar-refractivity contribution in [3.63, 3.8) is 0 Å². The smallest absolute Gasteiger partial charge is 0.333 e. The lowest BCUT2D eigenvalue weighted by Crippen LogP contribution is -2.33. The van der Waals surface area contributed by atoms with Crippen LogP contribution in [-0.2, 0) is 0 Å². The van der Waals surface area contributed by atoms with Gasteiger partial charge in [-0.15, -0.1) is 11.3 Å². The summed E-state index contributed by atoms with van der Waals surface area (Å²) in [5.41, 5.74) is 1.21. The number of rotatable bonds is 3. The van der Waals surface area contributed by atoms with Gasteiger partial charge < -0.3 is 9.72 Å². The van der Waals surface area contributed by atoms with Crippen LogP contribution in [0.3, 0.4) is 0 Å². The van der Waals surface area contributed by atoms with Crippen LogP contribution in [0.4, 0.5) is 0 Å². The summed E-state index contributed by atoms with van der Waals surface area (Å²) in [4.78, 5) is 38.1. The van der Waals surface area contributed by atoms with E-state index in [1.54, 1.807) is 49.8 Å². The Morgan fingerprint density at radius 3 is 2.87 bits per heavy atom. The first kappa shape index (κ1) is 18.7. The molecule has 1 aromatic carbocycles. The highest BCUT2D eigenvalue weighted by Crippen LogP contribution is 2.35. The quantitative estimate of drug-likeness (QED) is 0.473. The summed E-state index contributed by atoms with van der Waals surface area (Å²) in [7, 11) is 1.54. The molecule has 1 N–H and O–H groups in total. The third-order valence-corrected chi connectivity index (χ3v) is 6.08. The van der Waals surface area contributed by atoms with E-state index in [0.29, 0.717) is 48.6 Å². The van der Waals surface area contributed by atoms with Crippen LogP contribution < -0.4 is 16.0 Å². The highest BCUT2D eigenvalue weighted by atomic mass is 32.1. The predicted octanol–water partition coefficient (Wildman–Crippen LogP) is 3.23.